The Morgan fingerprint density at radius 3 is 1.52 bits per heavy atom. The first-order valence-electron chi connectivity index (χ1n) is 9.32. The summed E-state index contributed by atoms with van der Waals surface area (Å²) in [6, 6.07) is 0. The largest absolute Gasteiger partial charge is 0.353 e. The van der Waals surface area contributed by atoms with E-state index in [-0.39, 0.29) is 6.29 Å². The molecule has 0 bridgehead atoms. The number of rotatable bonds is 17. The van der Waals surface area contributed by atoms with Crippen molar-refractivity contribution < 1.29 is 23.7 Å². The van der Waals surface area contributed by atoms with E-state index in [2.05, 4.69) is 0 Å². The molecule has 23 heavy (non-hydrogen) atoms. The van der Waals surface area contributed by atoms with E-state index in [1.54, 1.807) is 0 Å². The fourth-order valence-corrected chi connectivity index (χ4v) is 2.59. The second kappa shape index (κ2) is 15.3. The molecular formula is C18H38O5. The van der Waals surface area contributed by atoms with Gasteiger partial charge in [0.05, 0.1) is 0 Å². The minimum atomic E-state index is -0.864. The van der Waals surface area contributed by atoms with Crippen LogP contribution in [0.15, 0.2) is 0 Å². The number of unbranched alkanes of at least 4 members (excludes halogenated alkanes) is 3. The highest BCUT2D eigenvalue weighted by Crippen LogP contribution is 2.24. The fourth-order valence-electron chi connectivity index (χ4n) is 2.59. The van der Waals surface area contributed by atoms with Crippen LogP contribution in [0.25, 0.3) is 0 Å². The third-order valence-electron chi connectivity index (χ3n) is 3.47. The summed E-state index contributed by atoms with van der Waals surface area (Å²) in [4.78, 5) is 0. The fraction of sp³-hybridized carbons (Fsp3) is 1.00. The molecule has 0 aromatic carbocycles. The molecule has 0 aromatic heterocycles. The normalized spacial score (nSPS) is 12.3. The Bertz CT molecular complexity index is 225. The lowest BCUT2D eigenvalue weighted by atomic mass is 10.1. The Hall–Kier alpha value is -0.200. The number of hydrogen-bond acceptors (Lipinski definition) is 5. The van der Waals surface area contributed by atoms with Crippen molar-refractivity contribution >= 4 is 0 Å². The molecule has 0 aliphatic carbocycles. The minimum absolute atomic E-state index is 0.0561. The maximum Gasteiger partial charge on any atom is 0.282 e. The SMILES string of the molecule is CCOC(CCCCCCC(OCC)(OCC)OCC)OCC. The summed E-state index contributed by atoms with van der Waals surface area (Å²) in [5, 5.41) is 0. The molecule has 140 valence electrons. The van der Waals surface area contributed by atoms with Crippen molar-refractivity contribution in [3.05, 3.63) is 0 Å². The number of ether oxygens (including phenoxy) is 5. The summed E-state index contributed by atoms with van der Waals surface area (Å²) in [6.45, 7) is 13.1. The van der Waals surface area contributed by atoms with E-state index in [0.29, 0.717) is 33.0 Å². The van der Waals surface area contributed by atoms with Gasteiger partial charge in [0.15, 0.2) is 6.29 Å². The van der Waals surface area contributed by atoms with Gasteiger partial charge in [0.1, 0.15) is 0 Å². The Morgan fingerprint density at radius 2 is 1.09 bits per heavy atom. The van der Waals surface area contributed by atoms with Gasteiger partial charge in [-0.1, -0.05) is 12.8 Å². The minimum Gasteiger partial charge on any atom is -0.353 e. The molecule has 5 heteroatoms. The van der Waals surface area contributed by atoms with Crippen molar-refractivity contribution in [3.63, 3.8) is 0 Å². The maximum absolute atomic E-state index is 5.73. The monoisotopic (exact) mass is 334 g/mol. The van der Waals surface area contributed by atoms with Crippen molar-refractivity contribution in [2.24, 2.45) is 0 Å². The van der Waals surface area contributed by atoms with Gasteiger partial charge in [0.2, 0.25) is 0 Å². The van der Waals surface area contributed by atoms with E-state index in [4.69, 9.17) is 23.7 Å². The predicted molar refractivity (Wildman–Crippen MR) is 92.4 cm³/mol. The highest BCUT2D eigenvalue weighted by Gasteiger charge is 2.31. The molecule has 0 saturated heterocycles. The van der Waals surface area contributed by atoms with E-state index in [0.717, 1.165) is 38.5 Å². The van der Waals surface area contributed by atoms with Crippen LogP contribution >= 0.6 is 0 Å². The van der Waals surface area contributed by atoms with Crippen LogP contribution in [0.4, 0.5) is 0 Å². The van der Waals surface area contributed by atoms with Crippen molar-refractivity contribution in [3.8, 4) is 0 Å². The van der Waals surface area contributed by atoms with Gasteiger partial charge in [-0.05, 0) is 53.9 Å². The molecule has 0 rings (SSSR count). The van der Waals surface area contributed by atoms with Gasteiger partial charge >= 0.3 is 0 Å². The average Bonchev–Trinajstić information content (AvgIpc) is 2.52. The van der Waals surface area contributed by atoms with Gasteiger partial charge in [-0.15, -0.1) is 0 Å². The van der Waals surface area contributed by atoms with Crippen molar-refractivity contribution in [1.82, 2.24) is 0 Å². The topological polar surface area (TPSA) is 46.2 Å². The first-order valence-corrected chi connectivity index (χ1v) is 9.32. The summed E-state index contributed by atoms with van der Waals surface area (Å²) in [5.41, 5.74) is 0. The Morgan fingerprint density at radius 1 is 0.609 bits per heavy atom. The summed E-state index contributed by atoms with van der Waals surface area (Å²) in [5.74, 6) is -0.864. The lowest BCUT2D eigenvalue weighted by molar-refractivity contribution is -0.380. The van der Waals surface area contributed by atoms with Crippen LogP contribution in [0.3, 0.4) is 0 Å². The van der Waals surface area contributed by atoms with E-state index in [1.165, 1.54) is 0 Å². The van der Waals surface area contributed by atoms with Crippen LogP contribution in [0, 0.1) is 0 Å². The Labute approximate surface area is 143 Å². The Balaban J connectivity index is 4.00. The van der Waals surface area contributed by atoms with Crippen molar-refractivity contribution in [2.45, 2.75) is 85.4 Å². The summed E-state index contributed by atoms with van der Waals surface area (Å²) in [7, 11) is 0. The molecule has 0 aliphatic heterocycles. The van der Waals surface area contributed by atoms with Crippen LogP contribution in [-0.4, -0.2) is 45.3 Å². The molecule has 0 atom stereocenters. The van der Waals surface area contributed by atoms with Crippen LogP contribution in [0.2, 0.25) is 0 Å². The molecule has 0 N–H and O–H groups in total. The molecular weight excluding hydrogens is 296 g/mol. The van der Waals surface area contributed by atoms with E-state index < -0.39 is 5.97 Å². The van der Waals surface area contributed by atoms with Gasteiger partial charge in [0.25, 0.3) is 5.97 Å². The molecule has 0 aliphatic rings. The molecule has 0 radical (unpaired) electrons. The zero-order valence-electron chi connectivity index (χ0n) is 15.9. The smallest absolute Gasteiger partial charge is 0.282 e. The molecule has 0 heterocycles. The van der Waals surface area contributed by atoms with Crippen molar-refractivity contribution in [2.75, 3.05) is 33.0 Å². The first kappa shape index (κ1) is 22.8. The maximum atomic E-state index is 5.73. The number of hydrogen-bond donors (Lipinski definition) is 0. The van der Waals surface area contributed by atoms with E-state index in [9.17, 15) is 0 Å². The summed E-state index contributed by atoms with van der Waals surface area (Å²) >= 11 is 0. The predicted octanol–water partition coefficient (Wildman–Crippen LogP) is 4.49. The van der Waals surface area contributed by atoms with Gasteiger partial charge < -0.3 is 23.7 Å². The molecule has 5 nitrogen and oxygen atoms in total. The van der Waals surface area contributed by atoms with E-state index >= 15 is 0 Å². The van der Waals surface area contributed by atoms with E-state index in [1.807, 2.05) is 34.6 Å². The van der Waals surface area contributed by atoms with Crippen LogP contribution in [0.5, 0.6) is 0 Å². The average molecular weight is 334 g/mol. The third-order valence-corrected chi connectivity index (χ3v) is 3.47. The molecule has 0 unspecified atom stereocenters. The zero-order valence-corrected chi connectivity index (χ0v) is 15.9. The lowest BCUT2D eigenvalue weighted by Gasteiger charge is -2.32. The van der Waals surface area contributed by atoms with Crippen LogP contribution in [-0.2, 0) is 23.7 Å². The van der Waals surface area contributed by atoms with Gasteiger partial charge in [-0.25, -0.2) is 0 Å². The second-order valence-corrected chi connectivity index (χ2v) is 5.28. The molecule has 0 aromatic rings. The first-order chi connectivity index (χ1) is 11.2. The third kappa shape index (κ3) is 11.1. The van der Waals surface area contributed by atoms with Gasteiger partial charge in [-0.3, -0.25) is 0 Å². The molecule has 0 spiro atoms. The van der Waals surface area contributed by atoms with Gasteiger partial charge in [0, 0.05) is 39.5 Å². The zero-order chi connectivity index (χ0) is 17.4. The summed E-state index contributed by atoms with van der Waals surface area (Å²) < 4.78 is 28.3. The standard InChI is InChI=1S/C18H38O5/c1-6-19-17(20-7-2)15-13-11-12-14-16-18(21-8-3,22-9-4)23-10-5/h17H,6-16H2,1-5H3. The second-order valence-electron chi connectivity index (χ2n) is 5.28. The molecule has 0 saturated carbocycles. The highest BCUT2D eigenvalue weighted by molar-refractivity contribution is 4.59. The van der Waals surface area contributed by atoms with Crippen molar-refractivity contribution in [1.29, 1.82) is 0 Å². The lowest BCUT2D eigenvalue weighted by Crippen LogP contribution is -2.39. The molecule has 0 fully saturated rings. The summed E-state index contributed by atoms with van der Waals surface area (Å²) in [6.07, 6.45) is 6.07. The quantitative estimate of drug-likeness (QED) is 0.290. The Kier molecular flexibility index (Phi) is 15.2. The molecule has 0 amide bonds. The van der Waals surface area contributed by atoms with Crippen LogP contribution in [0.1, 0.15) is 73.1 Å². The highest BCUT2D eigenvalue weighted by atomic mass is 16.9. The van der Waals surface area contributed by atoms with Gasteiger partial charge in [-0.2, -0.15) is 0 Å². The van der Waals surface area contributed by atoms with Crippen LogP contribution < -0.4 is 0 Å².